The topological polar surface area (TPSA) is 49.0 Å². The Morgan fingerprint density at radius 1 is 0.875 bits per heavy atom. The highest BCUT2D eigenvalue weighted by Gasteiger charge is 2.16. The molecule has 122 valence electrons. The van der Waals surface area contributed by atoms with Gasteiger partial charge in [-0.3, -0.25) is 4.79 Å². The van der Waals surface area contributed by atoms with Crippen LogP contribution in [0, 0.1) is 0 Å². The highest BCUT2D eigenvalue weighted by molar-refractivity contribution is 5.92. The lowest BCUT2D eigenvalue weighted by molar-refractivity contribution is 0.0754. The summed E-state index contributed by atoms with van der Waals surface area (Å²) in [6.07, 6.45) is 4.81. The minimum Gasteiger partial charge on any atom is -0.341 e. The Balaban J connectivity index is 1.67. The Morgan fingerprint density at radius 3 is 1.88 bits per heavy atom. The monoisotopic (exact) mass is 319 g/mol. The van der Waals surface area contributed by atoms with E-state index < -0.39 is 0 Å². The second-order valence-electron chi connectivity index (χ2n) is 5.73. The molecule has 2 aromatic carbocycles. The van der Waals surface area contributed by atoms with Crippen LogP contribution in [0.2, 0.25) is 0 Å². The summed E-state index contributed by atoms with van der Waals surface area (Å²) in [5, 5.41) is 0. The van der Waals surface area contributed by atoms with Crippen LogP contribution in [0.1, 0.15) is 21.6 Å². The van der Waals surface area contributed by atoms with Gasteiger partial charge >= 0.3 is 0 Å². The fourth-order valence-corrected chi connectivity index (χ4v) is 2.68. The van der Waals surface area contributed by atoms with Gasteiger partial charge in [-0.25, -0.2) is 4.98 Å². The first kappa shape index (κ1) is 16.0. The Morgan fingerprint density at radius 2 is 1.42 bits per heavy atom. The van der Waals surface area contributed by atoms with Crippen molar-refractivity contribution >= 4 is 5.91 Å². The summed E-state index contributed by atoms with van der Waals surface area (Å²) in [4.78, 5) is 21.5. The lowest BCUT2D eigenvalue weighted by atomic mass is 10.1. The highest BCUT2D eigenvalue weighted by Crippen LogP contribution is 2.08. The van der Waals surface area contributed by atoms with Crippen LogP contribution in [-0.4, -0.2) is 33.9 Å². The van der Waals surface area contributed by atoms with Crippen molar-refractivity contribution < 1.29 is 4.79 Å². The fraction of sp³-hybridized carbons (Fsp3) is 0.200. The number of aromatic nitrogens is 2. The van der Waals surface area contributed by atoms with E-state index in [1.54, 1.807) is 12.5 Å². The van der Waals surface area contributed by atoms with Gasteiger partial charge < -0.3 is 9.88 Å². The SMILES string of the molecule is O=C(c1cnc[nH]1)N(CCc1ccccc1)CCc1ccccc1. The van der Waals surface area contributed by atoms with E-state index in [-0.39, 0.29) is 5.91 Å². The summed E-state index contributed by atoms with van der Waals surface area (Å²) in [6.45, 7) is 1.38. The van der Waals surface area contributed by atoms with E-state index in [4.69, 9.17) is 0 Å². The maximum Gasteiger partial charge on any atom is 0.271 e. The first-order chi connectivity index (χ1) is 11.8. The molecule has 3 rings (SSSR count). The van der Waals surface area contributed by atoms with Gasteiger partial charge in [0.2, 0.25) is 0 Å². The molecule has 0 aliphatic heterocycles. The first-order valence-corrected chi connectivity index (χ1v) is 8.18. The van der Waals surface area contributed by atoms with Crippen molar-refractivity contribution in [2.75, 3.05) is 13.1 Å². The smallest absolute Gasteiger partial charge is 0.271 e. The lowest BCUT2D eigenvalue weighted by Gasteiger charge is -2.22. The second kappa shape index (κ2) is 8.11. The Bertz CT molecular complexity index is 696. The summed E-state index contributed by atoms with van der Waals surface area (Å²) in [5.41, 5.74) is 3.01. The predicted octanol–water partition coefficient (Wildman–Crippen LogP) is 3.34. The molecule has 1 heterocycles. The van der Waals surface area contributed by atoms with Crippen LogP contribution in [0.3, 0.4) is 0 Å². The second-order valence-corrected chi connectivity index (χ2v) is 5.73. The third-order valence-corrected chi connectivity index (χ3v) is 4.04. The zero-order valence-electron chi connectivity index (χ0n) is 13.6. The largest absolute Gasteiger partial charge is 0.341 e. The summed E-state index contributed by atoms with van der Waals surface area (Å²) < 4.78 is 0. The van der Waals surface area contributed by atoms with E-state index in [1.165, 1.54) is 11.1 Å². The number of imidazole rings is 1. The summed E-state index contributed by atoms with van der Waals surface area (Å²) >= 11 is 0. The lowest BCUT2D eigenvalue weighted by Crippen LogP contribution is -2.35. The molecule has 24 heavy (non-hydrogen) atoms. The van der Waals surface area contributed by atoms with Crippen molar-refractivity contribution in [3.05, 3.63) is 90.0 Å². The van der Waals surface area contributed by atoms with Crippen molar-refractivity contribution in [3.8, 4) is 0 Å². The molecule has 0 bridgehead atoms. The zero-order chi connectivity index (χ0) is 16.6. The molecule has 3 aromatic rings. The molecule has 4 nitrogen and oxygen atoms in total. The van der Waals surface area contributed by atoms with Crippen LogP contribution in [0.25, 0.3) is 0 Å². The van der Waals surface area contributed by atoms with Gasteiger partial charge in [0.1, 0.15) is 5.69 Å². The number of H-pyrrole nitrogens is 1. The quantitative estimate of drug-likeness (QED) is 0.726. The van der Waals surface area contributed by atoms with Gasteiger partial charge in [0.05, 0.1) is 12.5 Å². The minimum atomic E-state index is -0.000591. The van der Waals surface area contributed by atoms with E-state index >= 15 is 0 Å². The molecule has 0 radical (unpaired) electrons. The molecular formula is C20H21N3O. The Kier molecular flexibility index (Phi) is 5.40. The van der Waals surface area contributed by atoms with Crippen molar-refractivity contribution in [3.63, 3.8) is 0 Å². The molecule has 1 amide bonds. The highest BCUT2D eigenvalue weighted by atomic mass is 16.2. The van der Waals surface area contributed by atoms with E-state index in [0.29, 0.717) is 18.8 Å². The molecule has 1 N–H and O–H groups in total. The first-order valence-electron chi connectivity index (χ1n) is 8.18. The standard InChI is InChI=1S/C20H21N3O/c24-20(19-15-21-16-22-19)23(13-11-17-7-3-1-4-8-17)14-12-18-9-5-2-6-10-18/h1-10,15-16H,11-14H2,(H,21,22). The number of aromatic amines is 1. The average molecular weight is 319 g/mol. The number of nitrogens with zero attached hydrogens (tertiary/aromatic N) is 2. The molecule has 4 heteroatoms. The third kappa shape index (κ3) is 4.32. The van der Waals surface area contributed by atoms with E-state index in [0.717, 1.165) is 12.8 Å². The molecule has 0 aliphatic carbocycles. The molecule has 0 unspecified atom stereocenters. The van der Waals surface area contributed by atoms with Crippen LogP contribution >= 0.6 is 0 Å². The van der Waals surface area contributed by atoms with Gasteiger partial charge in [-0.2, -0.15) is 0 Å². The normalized spacial score (nSPS) is 10.5. The van der Waals surface area contributed by atoms with Crippen LogP contribution in [0.5, 0.6) is 0 Å². The molecule has 0 fully saturated rings. The van der Waals surface area contributed by atoms with Crippen LogP contribution in [0.4, 0.5) is 0 Å². The molecule has 1 aromatic heterocycles. The van der Waals surface area contributed by atoms with E-state index in [9.17, 15) is 4.79 Å². The number of hydrogen-bond acceptors (Lipinski definition) is 2. The number of amides is 1. The third-order valence-electron chi connectivity index (χ3n) is 4.04. The van der Waals surface area contributed by atoms with Crippen LogP contribution < -0.4 is 0 Å². The number of carbonyl (C=O) groups excluding carboxylic acids is 1. The van der Waals surface area contributed by atoms with Crippen molar-refractivity contribution in [2.24, 2.45) is 0 Å². The summed E-state index contributed by atoms with van der Waals surface area (Å²) in [6, 6.07) is 20.5. The molecular weight excluding hydrogens is 298 g/mol. The van der Waals surface area contributed by atoms with Gasteiger partial charge in [-0.15, -0.1) is 0 Å². The molecule has 0 atom stereocenters. The van der Waals surface area contributed by atoms with Crippen LogP contribution in [0.15, 0.2) is 73.2 Å². The number of nitrogens with one attached hydrogen (secondary N) is 1. The molecule has 0 saturated heterocycles. The van der Waals surface area contributed by atoms with Gasteiger partial charge in [0.15, 0.2) is 0 Å². The maximum atomic E-state index is 12.7. The predicted molar refractivity (Wildman–Crippen MR) is 94.8 cm³/mol. The molecule has 0 aliphatic rings. The zero-order valence-corrected chi connectivity index (χ0v) is 13.6. The number of carbonyl (C=O) groups is 1. The maximum absolute atomic E-state index is 12.7. The Labute approximate surface area is 142 Å². The average Bonchev–Trinajstić information content (AvgIpc) is 3.18. The van der Waals surface area contributed by atoms with Crippen molar-refractivity contribution in [1.29, 1.82) is 0 Å². The molecule has 0 spiro atoms. The fourth-order valence-electron chi connectivity index (χ4n) is 2.68. The number of rotatable bonds is 7. The van der Waals surface area contributed by atoms with Gasteiger partial charge in [-0.1, -0.05) is 60.7 Å². The molecule has 0 saturated carbocycles. The van der Waals surface area contributed by atoms with Gasteiger partial charge in [0, 0.05) is 13.1 Å². The van der Waals surface area contributed by atoms with Crippen LogP contribution in [-0.2, 0) is 12.8 Å². The van der Waals surface area contributed by atoms with Crippen molar-refractivity contribution in [2.45, 2.75) is 12.8 Å². The number of benzene rings is 2. The summed E-state index contributed by atoms with van der Waals surface area (Å²) in [7, 11) is 0. The summed E-state index contributed by atoms with van der Waals surface area (Å²) in [5.74, 6) is -0.000591. The van der Waals surface area contributed by atoms with Gasteiger partial charge in [0.25, 0.3) is 5.91 Å². The van der Waals surface area contributed by atoms with E-state index in [1.807, 2.05) is 41.3 Å². The van der Waals surface area contributed by atoms with Gasteiger partial charge in [-0.05, 0) is 24.0 Å². The number of hydrogen-bond donors (Lipinski definition) is 1. The van der Waals surface area contributed by atoms with E-state index in [2.05, 4.69) is 34.2 Å². The van der Waals surface area contributed by atoms with Crippen molar-refractivity contribution in [1.82, 2.24) is 14.9 Å². The minimum absolute atomic E-state index is 0.000591. The Hall–Kier alpha value is -2.88.